The first-order chi connectivity index (χ1) is 10.2. The average molecular weight is 289 g/mol. The standard InChI is InChI=1S/C18H27NO2/c1-14(16-6-5-15-3-2-4-17(15)11-16)19-12-18(13-20)7-9-21-10-8-18/h5-6,11,14,19-20H,2-4,7-10,12-13H2,1H3. The number of hydrogen-bond acceptors (Lipinski definition) is 3. The summed E-state index contributed by atoms with van der Waals surface area (Å²) in [4.78, 5) is 0. The third-order valence-electron chi connectivity index (χ3n) is 5.29. The third-order valence-corrected chi connectivity index (χ3v) is 5.29. The fourth-order valence-corrected chi connectivity index (χ4v) is 3.54. The maximum Gasteiger partial charge on any atom is 0.0501 e. The number of aliphatic hydroxyl groups excluding tert-OH is 1. The predicted octanol–water partition coefficient (Wildman–Crippen LogP) is 2.62. The molecule has 0 aromatic heterocycles. The Bertz CT molecular complexity index is 480. The molecule has 3 nitrogen and oxygen atoms in total. The number of ether oxygens (including phenoxy) is 1. The Morgan fingerprint density at radius 1 is 1.24 bits per heavy atom. The van der Waals surface area contributed by atoms with E-state index >= 15 is 0 Å². The van der Waals surface area contributed by atoms with Gasteiger partial charge in [0.25, 0.3) is 0 Å². The van der Waals surface area contributed by atoms with Gasteiger partial charge in [-0.05, 0) is 55.7 Å². The largest absolute Gasteiger partial charge is 0.396 e. The lowest BCUT2D eigenvalue weighted by Gasteiger charge is -2.36. The minimum atomic E-state index is 0.00321. The Hall–Kier alpha value is -0.900. The van der Waals surface area contributed by atoms with Gasteiger partial charge in [0.2, 0.25) is 0 Å². The summed E-state index contributed by atoms with van der Waals surface area (Å²) in [6.45, 7) is 4.89. The van der Waals surface area contributed by atoms with Gasteiger partial charge in [0.05, 0.1) is 6.61 Å². The number of rotatable bonds is 5. The van der Waals surface area contributed by atoms with Gasteiger partial charge in [-0.1, -0.05) is 18.2 Å². The molecular formula is C18H27NO2. The average Bonchev–Trinajstić information content (AvgIpc) is 3.01. The zero-order valence-corrected chi connectivity index (χ0v) is 13.0. The number of hydrogen-bond donors (Lipinski definition) is 2. The summed E-state index contributed by atoms with van der Waals surface area (Å²) < 4.78 is 5.43. The maximum absolute atomic E-state index is 9.76. The van der Waals surface area contributed by atoms with Crippen molar-refractivity contribution in [3.8, 4) is 0 Å². The van der Waals surface area contributed by atoms with E-state index in [1.54, 1.807) is 0 Å². The first kappa shape index (κ1) is 15.0. The highest BCUT2D eigenvalue weighted by molar-refractivity contribution is 5.36. The minimum absolute atomic E-state index is 0.00321. The minimum Gasteiger partial charge on any atom is -0.396 e. The SMILES string of the molecule is CC(NCC1(CO)CCOCC1)c1ccc2c(c1)CCC2. The first-order valence-electron chi connectivity index (χ1n) is 8.26. The van der Waals surface area contributed by atoms with Gasteiger partial charge in [-0.2, -0.15) is 0 Å². The maximum atomic E-state index is 9.76. The van der Waals surface area contributed by atoms with E-state index in [0.717, 1.165) is 32.6 Å². The fourth-order valence-electron chi connectivity index (χ4n) is 3.54. The third kappa shape index (κ3) is 3.31. The lowest BCUT2D eigenvalue weighted by atomic mass is 9.80. The molecule has 0 bridgehead atoms. The molecule has 1 aliphatic heterocycles. The molecule has 1 heterocycles. The van der Waals surface area contributed by atoms with Gasteiger partial charge in [0.1, 0.15) is 0 Å². The van der Waals surface area contributed by atoms with Crippen molar-refractivity contribution in [1.82, 2.24) is 5.32 Å². The predicted molar refractivity (Wildman–Crippen MR) is 84.5 cm³/mol. The summed E-state index contributed by atoms with van der Waals surface area (Å²) in [5.74, 6) is 0. The second-order valence-corrected chi connectivity index (χ2v) is 6.75. The smallest absolute Gasteiger partial charge is 0.0501 e. The van der Waals surface area contributed by atoms with Crippen molar-refractivity contribution in [2.24, 2.45) is 5.41 Å². The zero-order chi connectivity index (χ0) is 14.7. The van der Waals surface area contributed by atoms with Crippen LogP contribution in [0.2, 0.25) is 0 Å². The molecule has 0 radical (unpaired) electrons. The van der Waals surface area contributed by atoms with Gasteiger partial charge in [-0.3, -0.25) is 0 Å². The van der Waals surface area contributed by atoms with E-state index in [-0.39, 0.29) is 12.0 Å². The van der Waals surface area contributed by atoms with E-state index in [1.165, 1.54) is 36.0 Å². The Morgan fingerprint density at radius 2 is 2.00 bits per heavy atom. The van der Waals surface area contributed by atoms with Crippen molar-refractivity contribution in [3.05, 3.63) is 34.9 Å². The van der Waals surface area contributed by atoms with Gasteiger partial charge in [0.15, 0.2) is 0 Å². The highest BCUT2D eigenvalue weighted by atomic mass is 16.5. The summed E-state index contributed by atoms with van der Waals surface area (Å²) in [5.41, 5.74) is 4.44. The molecule has 1 aliphatic carbocycles. The van der Waals surface area contributed by atoms with E-state index in [0.29, 0.717) is 6.04 Å². The first-order valence-corrected chi connectivity index (χ1v) is 8.26. The van der Waals surface area contributed by atoms with Crippen molar-refractivity contribution >= 4 is 0 Å². The molecule has 116 valence electrons. The van der Waals surface area contributed by atoms with Crippen LogP contribution in [0.1, 0.15) is 48.9 Å². The monoisotopic (exact) mass is 289 g/mol. The quantitative estimate of drug-likeness (QED) is 0.875. The van der Waals surface area contributed by atoms with Crippen LogP contribution in [0.25, 0.3) is 0 Å². The molecule has 2 aliphatic rings. The zero-order valence-electron chi connectivity index (χ0n) is 13.0. The molecule has 1 aromatic rings. The van der Waals surface area contributed by atoms with Crippen LogP contribution in [0.15, 0.2) is 18.2 Å². The van der Waals surface area contributed by atoms with Gasteiger partial charge < -0.3 is 15.2 Å². The Balaban J connectivity index is 1.62. The van der Waals surface area contributed by atoms with Gasteiger partial charge >= 0.3 is 0 Å². The molecule has 0 saturated carbocycles. The molecule has 2 N–H and O–H groups in total. The van der Waals surface area contributed by atoms with Crippen molar-refractivity contribution in [3.63, 3.8) is 0 Å². The molecule has 21 heavy (non-hydrogen) atoms. The van der Waals surface area contributed by atoms with Crippen molar-refractivity contribution in [2.75, 3.05) is 26.4 Å². The fraction of sp³-hybridized carbons (Fsp3) is 0.667. The summed E-state index contributed by atoms with van der Waals surface area (Å²) in [6.07, 6.45) is 5.67. The highest BCUT2D eigenvalue weighted by Gasteiger charge is 2.32. The van der Waals surface area contributed by atoms with Crippen LogP contribution in [0.5, 0.6) is 0 Å². The van der Waals surface area contributed by atoms with Crippen molar-refractivity contribution in [2.45, 2.75) is 45.1 Å². The van der Waals surface area contributed by atoms with E-state index in [4.69, 9.17) is 4.74 Å². The number of fused-ring (bicyclic) bond motifs is 1. The van der Waals surface area contributed by atoms with Crippen LogP contribution in [-0.2, 0) is 17.6 Å². The second kappa shape index (κ2) is 6.47. The second-order valence-electron chi connectivity index (χ2n) is 6.75. The van der Waals surface area contributed by atoms with Crippen LogP contribution in [0, 0.1) is 5.41 Å². The number of benzene rings is 1. The number of aryl methyl sites for hydroxylation is 2. The lowest BCUT2D eigenvalue weighted by molar-refractivity contribution is -0.0163. The van der Waals surface area contributed by atoms with E-state index in [2.05, 4.69) is 30.4 Å². The van der Waals surface area contributed by atoms with Crippen LogP contribution in [0.4, 0.5) is 0 Å². The molecule has 3 heteroatoms. The highest BCUT2D eigenvalue weighted by Crippen LogP contribution is 2.30. The van der Waals surface area contributed by atoms with Crippen LogP contribution >= 0.6 is 0 Å². The molecule has 1 fully saturated rings. The Kier molecular flexibility index (Phi) is 4.63. The molecule has 0 amide bonds. The van der Waals surface area contributed by atoms with Gasteiger partial charge in [-0.25, -0.2) is 0 Å². The summed E-state index contributed by atoms with van der Waals surface area (Å²) in [5, 5.41) is 13.4. The van der Waals surface area contributed by atoms with Crippen molar-refractivity contribution < 1.29 is 9.84 Å². The summed E-state index contributed by atoms with van der Waals surface area (Å²) in [6, 6.07) is 7.27. The van der Waals surface area contributed by atoms with Crippen LogP contribution < -0.4 is 5.32 Å². The topological polar surface area (TPSA) is 41.5 Å². The lowest BCUT2D eigenvalue weighted by Crippen LogP contribution is -2.42. The summed E-state index contributed by atoms with van der Waals surface area (Å²) in [7, 11) is 0. The molecule has 1 aromatic carbocycles. The van der Waals surface area contributed by atoms with Crippen molar-refractivity contribution in [1.29, 1.82) is 0 Å². The molecule has 3 rings (SSSR count). The Labute approximate surface area is 127 Å². The van der Waals surface area contributed by atoms with Gasteiger partial charge in [-0.15, -0.1) is 0 Å². The molecule has 1 unspecified atom stereocenters. The van der Waals surface area contributed by atoms with Crippen LogP contribution in [-0.4, -0.2) is 31.5 Å². The van der Waals surface area contributed by atoms with E-state index < -0.39 is 0 Å². The number of nitrogens with one attached hydrogen (secondary N) is 1. The normalized spacial score (nSPS) is 22.0. The Morgan fingerprint density at radius 3 is 2.76 bits per heavy atom. The van der Waals surface area contributed by atoms with E-state index in [1.807, 2.05) is 0 Å². The molecule has 1 atom stereocenters. The van der Waals surface area contributed by atoms with E-state index in [9.17, 15) is 5.11 Å². The van der Waals surface area contributed by atoms with Crippen LogP contribution in [0.3, 0.4) is 0 Å². The number of aliphatic hydroxyl groups is 1. The molecule has 1 saturated heterocycles. The summed E-state index contributed by atoms with van der Waals surface area (Å²) >= 11 is 0. The van der Waals surface area contributed by atoms with Gasteiger partial charge in [0, 0.05) is 31.2 Å². The molecular weight excluding hydrogens is 262 g/mol. The molecule has 0 spiro atoms.